The summed E-state index contributed by atoms with van der Waals surface area (Å²) in [6.07, 6.45) is 0. The van der Waals surface area contributed by atoms with Crippen molar-refractivity contribution in [1.29, 1.82) is 0 Å². The molecule has 0 aliphatic carbocycles. The number of hydrogen-bond acceptors (Lipinski definition) is 4. The number of ether oxygens (including phenoxy) is 1. The molecule has 0 radical (unpaired) electrons. The Bertz CT molecular complexity index is 145. The second-order valence-electron chi connectivity index (χ2n) is 3.21. The van der Waals surface area contributed by atoms with Gasteiger partial charge in [-0.2, -0.15) is 0 Å². The molecule has 1 aliphatic rings. The Morgan fingerprint density at radius 2 is 1.67 bits per heavy atom. The Morgan fingerprint density at radius 1 is 1.25 bits per heavy atom. The average Bonchev–Trinajstić information content (AvgIpc) is 2.80. The van der Waals surface area contributed by atoms with Crippen molar-refractivity contribution in [3.05, 3.63) is 0 Å². The van der Waals surface area contributed by atoms with Crippen LogP contribution in [0.4, 0.5) is 0 Å². The van der Waals surface area contributed by atoms with Gasteiger partial charge in [0.1, 0.15) is 0 Å². The van der Waals surface area contributed by atoms with E-state index in [0.29, 0.717) is 0 Å². The number of hydrogen-bond donors (Lipinski definition) is 0. The molecule has 0 amide bonds. The van der Waals surface area contributed by atoms with Gasteiger partial charge in [0.05, 0.1) is 12.2 Å². The van der Waals surface area contributed by atoms with Gasteiger partial charge in [-0.1, -0.05) is 0 Å². The molecule has 1 aliphatic heterocycles. The van der Waals surface area contributed by atoms with Crippen molar-refractivity contribution >= 4 is 8.80 Å². The van der Waals surface area contributed by atoms with Gasteiger partial charge in [0.25, 0.3) is 0 Å². The van der Waals surface area contributed by atoms with Gasteiger partial charge >= 0.3 is 8.80 Å². The van der Waals surface area contributed by atoms with Crippen LogP contribution in [0.5, 0.6) is 0 Å². The van der Waals surface area contributed by atoms with Crippen LogP contribution in [0.3, 0.4) is 0 Å². The minimum absolute atomic E-state index is 0.0751. The zero-order chi connectivity index (χ0) is 9.24. The zero-order valence-electron chi connectivity index (χ0n) is 8.05. The Balaban J connectivity index is 2.52. The summed E-state index contributed by atoms with van der Waals surface area (Å²) in [5, 5.41) is 0. The monoisotopic (exact) mass is 192 g/mol. The lowest BCUT2D eigenvalue weighted by Gasteiger charge is -2.25. The minimum Gasteiger partial charge on any atom is -0.377 e. The maximum absolute atomic E-state index is 5.27. The van der Waals surface area contributed by atoms with Gasteiger partial charge in [-0.15, -0.1) is 0 Å². The summed E-state index contributed by atoms with van der Waals surface area (Å²) in [4.78, 5) is 0. The highest BCUT2D eigenvalue weighted by Crippen LogP contribution is 2.35. The first kappa shape index (κ1) is 10.1. The Hall–Kier alpha value is 0.0569. The molecule has 4 nitrogen and oxygen atoms in total. The van der Waals surface area contributed by atoms with E-state index in [0.717, 1.165) is 12.7 Å². The van der Waals surface area contributed by atoms with E-state index in [1.54, 1.807) is 21.3 Å². The van der Waals surface area contributed by atoms with Crippen LogP contribution in [0, 0.1) is 0 Å². The fourth-order valence-corrected chi connectivity index (χ4v) is 3.20. The Morgan fingerprint density at radius 3 is 1.92 bits per heavy atom. The highest BCUT2D eigenvalue weighted by Gasteiger charge is 2.52. The molecule has 1 fully saturated rings. The van der Waals surface area contributed by atoms with E-state index in [2.05, 4.69) is 0 Å². The van der Waals surface area contributed by atoms with E-state index >= 15 is 0 Å². The Labute approximate surface area is 74.1 Å². The summed E-state index contributed by atoms with van der Waals surface area (Å²) < 4.78 is 21.1. The second-order valence-corrected chi connectivity index (χ2v) is 6.16. The molecule has 0 spiro atoms. The van der Waals surface area contributed by atoms with E-state index < -0.39 is 8.80 Å². The normalized spacial score (nSPS) is 29.0. The highest BCUT2D eigenvalue weighted by molar-refractivity contribution is 6.60. The van der Waals surface area contributed by atoms with Crippen LogP contribution >= 0.6 is 0 Å². The fourth-order valence-electron chi connectivity index (χ4n) is 1.15. The molecule has 0 aromatic heterocycles. The molecule has 0 saturated carbocycles. The minimum atomic E-state index is -2.42. The first-order chi connectivity index (χ1) is 5.60. The Kier molecular flexibility index (Phi) is 2.90. The van der Waals surface area contributed by atoms with Crippen molar-refractivity contribution in [3.63, 3.8) is 0 Å². The van der Waals surface area contributed by atoms with E-state index in [1.165, 1.54) is 0 Å². The van der Waals surface area contributed by atoms with Crippen molar-refractivity contribution in [2.75, 3.05) is 27.9 Å². The zero-order valence-corrected chi connectivity index (χ0v) is 9.05. The van der Waals surface area contributed by atoms with Crippen LogP contribution in [0.2, 0.25) is 6.04 Å². The molecular formula is C7H16O4Si. The molecular weight excluding hydrogens is 176 g/mol. The smallest absolute Gasteiger partial charge is 0.377 e. The summed E-state index contributed by atoms with van der Waals surface area (Å²) >= 11 is 0. The van der Waals surface area contributed by atoms with Crippen LogP contribution in [0.1, 0.15) is 6.92 Å². The van der Waals surface area contributed by atoms with Crippen molar-refractivity contribution in [2.24, 2.45) is 0 Å². The molecule has 1 atom stereocenters. The summed E-state index contributed by atoms with van der Waals surface area (Å²) in [6, 6.07) is 0.726. The third-order valence-electron chi connectivity index (χ3n) is 2.16. The van der Waals surface area contributed by atoms with Gasteiger partial charge in [-0.3, -0.25) is 0 Å². The second kappa shape index (κ2) is 3.43. The predicted octanol–water partition coefficient (Wildman–Crippen LogP) is 0.653. The quantitative estimate of drug-likeness (QED) is 0.474. The summed E-state index contributed by atoms with van der Waals surface area (Å²) in [5.74, 6) is 0. The molecule has 0 aromatic rings. The van der Waals surface area contributed by atoms with E-state index in [-0.39, 0.29) is 5.60 Å². The lowest BCUT2D eigenvalue weighted by Crippen LogP contribution is -2.45. The van der Waals surface area contributed by atoms with E-state index in [9.17, 15) is 0 Å². The van der Waals surface area contributed by atoms with Crippen LogP contribution in [0.15, 0.2) is 0 Å². The van der Waals surface area contributed by atoms with Crippen LogP contribution < -0.4 is 0 Å². The van der Waals surface area contributed by atoms with Gasteiger partial charge in [-0.05, 0) is 6.92 Å². The number of epoxide rings is 1. The molecule has 0 bridgehead atoms. The molecule has 0 N–H and O–H groups in total. The first-order valence-corrected chi connectivity index (χ1v) is 5.82. The molecule has 5 heteroatoms. The molecule has 12 heavy (non-hydrogen) atoms. The van der Waals surface area contributed by atoms with Crippen LogP contribution in [0.25, 0.3) is 0 Å². The predicted molar refractivity (Wildman–Crippen MR) is 45.9 cm³/mol. The van der Waals surface area contributed by atoms with Gasteiger partial charge in [-0.25, -0.2) is 0 Å². The van der Waals surface area contributed by atoms with Crippen LogP contribution in [-0.4, -0.2) is 42.3 Å². The molecule has 1 saturated heterocycles. The lowest BCUT2D eigenvalue weighted by molar-refractivity contribution is 0.115. The van der Waals surface area contributed by atoms with Gasteiger partial charge in [0.15, 0.2) is 0 Å². The van der Waals surface area contributed by atoms with E-state index in [1.807, 2.05) is 6.92 Å². The van der Waals surface area contributed by atoms with Crippen molar-refractivity contribution in [1.82, 2.24) is 0 Å². The summed E-state index contributed by atoms with van der Waals surface area (Å²) in [5.41, 5.74) is -0.0751. The molecule has 1 heterocycles. The molecule has 0 aromatic carbocycles. The maximum Gasteiger partial charge on any atom is 0.503 e. The van der Waals surface area contributed by atoms with Crippen molar-refractivity contribution < 1.29 is 18.0 Å². The maximum atomic E-state index is 5.27. The lowest BCUT2D eigenvalue weighted by atomic mass is 10.3. The largest absolute Gasteiger partial charge is 0.503 e. The SMILES string of the molecule is CO[Si](CC1(C)CO1)(OC)OC. The van der Waals surface area contributed by atoms with Gasteiger partial charge in [0, 0.05) is 27.4 Å². The number of rotatable bonds is 5. The van der Waals surface area contributed by atoms with Crippen LogP contribution in [-0.2, 0) is 18.0 Å². The fraction of sp³-hybridized carbons (Fsp3) is 1.00. The van der Waals surface area contributed by atoms with Gasteiger partial charge in [0.2, 0.25) is 0 Å². The van der Waals surface area contributed by atoms with Crippen molar-refractivity contribution in [2.45, 2.75) is 18.6 Å². The standard InChI is InChI=1S/C7H16O4Si/c1-7(5-11-7)6-12(8-2,9-3)10-4/h5-6H2,1-4H3. The third-order valence-corrected chi connectivity index (χ3v) is 5.21. The average molecular weight is 192 g/mol. The molecule has 1 rings (SSSR count). The topological polar surface area (TPSA) is 40.2 Å². The summed E-state index contributed by atoms with van der Waals surface area (Å²) in [7, 11) is 2.43. The van der Waals surface area contributed by atoms with Crippen molar-refractivity contribution in [3.8, 4) is 0 Å². The van der Waals surface area contributed by atoms with Gasteiger partial charge < -0.3 is 18.0 Å². The molecule has 1 unspecified atom stereocenters. The summed E-state index contributed by atoms with van der Waals surface area (Å²) in [6.45, 7) is 2.81. The first-order valence-electron chi connectivity index (χ1n) is 3.89. The molecule has 72 valence electrons. The third kappa shape index (κ3) is 2.05. The highest BCUT2D eigenvalue weighted by atomic mass is 28.4. The van der Waals surface area contributed by atoms with E-state index in [4.69, 9.17) is 18.0 Å².